The maximum absolute atomic E-state index is 12.5. The Balaban J connectivity index is 1.67. The number of nitrogens with zero attached hydrogens (tertiary/aromatic N) is 1. The van der Waals surface area contributed by atoms with Gasteiger partial charge in [0.05, 0.1) is 0 Å². The second-order valence-corrected chi connectivity index (χ2v) is 7.37. The molecule has 0 unspecified atom stereocenters. The minimum Gasteiger partial charge on any atom is -0.489 e. The Morgan fingerprint density at radius 3 is 2.57 bits per heavy atom. The van der Waals surface area contributed by atoms with Gasteiger partial charge in [-0.15, -0.1) is 0 Å². The van der Waals surface area contributed by atoms with Crippen LogP contribution >= 0.6 is 11.6 Å². The topological polar surface area (TPSA) is 62.1 Å². The smallest absolute Gasteiger partial charge is 0.266 e. The molecule has 0 fully saturated rings. The number of amides is 1. The fraction of sp³-hybridized carbons (Fsp3) is 0.120. The lowest BCUT2D eigenvalue weighted by atomic mass is 10.1. The molecule has 4 nitrogen and oxygen atoms in total. The van der Waals surface area contributed by atoms with E-state index in [4.69, 9.17) is 16.3 Å². The predicted octanol–water partition coefficient (Wildman–Crippen LogP) is 6.08. The van der Waals surface area contributed by atoms with E-state index in [9.17, 15) is 10.1 Å². The number of carbonyl (C=O) groups excluding carboxylic acids is 1. The first kappa shape index (κ1) is 21.2. The van der Waals surface area contributed by atoms with E-state index in [0.29, 0.717) is 23.1 Å². The first-order valence-electron chi connectivity index (χ1n) is 9.42. The fourth-order valence-electron chi connectivity index (χ4n) is 2.83. The Morgan fingerprint density at radius 2 is 1.87 bits per heavy atom. The summed E-state index contributed by atoms with van der Waals surface area (Å²) in [5, 5.41) is 12.9. The lowest BCUT2D eigenvalue weighted by molar-refractivity contribution is -0.112. The van der Waals surface area contributed by atoms with Crippen molar-refractivity contribution in [2.24, 2.45) is 0 Å². The van der Waals surface area contributed by atoms with Crippen LogP contribution in [-0.4, -0.2) is 5.91 Å². The van der Waals surface area contributed by atoms with Crippen LogP contribution in [0.5, 0.6) is 5.75 Å². The fourth-order valence-corrected chi connectivity index (χ4v) is 3.04. The van der Waals surface area contributed by atoms with Crippen LogP contribution in [0, 0.1) is 25.2 Å². The second-order valence-electron chi connectivity index (χ2n) is 6.93. The van der Waals surface area contributed by atoms with Crippen molar-refractivity contribution in [2.45, 2.75) is 20.5 Å². The van der Waals surface area contributed by atoms with Gasteiger partial charge in [-0.1, -0.05) is 48.0 Å². The number of carbonyl (C=O) groups is 1. The third-order valence-electron chi connectivity index (χ3n) is 4.49. The van der Waals surface area contributed by atoms with E-state index in [1.165, 1.54) is 0 Å². The minimum atomic E-state index is -0.438. The molecular formula is C25H21ClN2O2. The molecule has 3 aromatic carbocycles. The van der Waals surface area contributed by atoms with Gasteiger partial charge in [0.2, 0.25) is 0 Å². The highest BCUT2D eigenvalue weighted by Gasteiger charge is 2.11. The molecule has 0 atom stereocenters. The van der Waals surface area contributed by atoms with Crippen LogP contribution in [0.1, 0.15) is 22.3 Å². The van der Waals surface area contributed by atoms with Crippen LogP contribution in [0.25, 0.3) is 6.08 Å². The van der Waals surface area contributed by atoms with Gasteiger partial charge in [0.25, 0.3) is 5.91 Å². The monoisotopic (exact) mass is 416 g/mol. The van der Waals surface area contributed by atoms with Gasteiger partial charge < -0.3 is 10.1 Å². The Labute approximate surface area is 181 Å². The summed E-state index contributed by atoms with van der Waals surface area (Å²) >= 11 is 5.98. The first-order valence-corrected chi connectivity index (χ1v) is 9.80. The van der Waals surface area contributed by atoms with Crippen LogP contribution < -0.4 is 10.1 Å². The molecule has 0 radical (unpaired) electrons. The summed E-state index contributed by atoms with van der Waals surface area (Å²) in [5.74, 6) is 0.248. The van der Waals surface area contributed by atoms with Crippen molar-refractivity contribution in [2.75, 3.05) is 5.32 Å². The molecule has 0 heterocycles. The second kappa shape index (κ2) is 9.78. The number of anilines is 1. The highest BCUT2D eigenvalue weighted by atomic mass is 35.5. The van der Waals surface area contributed by atoms with E-state index in [0.717, 1.165) is 22.3 Å². The summed E-state index contributed by atoms with van der Waals surface area (Å²) in [6, 6.07) is 22.5. The number of aryl methyl sites for hydroxylation is 2. The quantitative estimate of drug-likeness (QED) is 0.391. The van der Waals surface area contributed by atoms with Gasteiger partial charge in [0, 0.05) is 10.7 Å². The molecule has 0 saturated carbocycles. The number of ether oxygens (including phenoxy) is 1. The van der Waals surface area contributed by atoms with Gasteiger partial charge in [-0.3, -0.25) is 4.79 Å². The average Bonchev–Trinajstić information content (AvgIpc) is 2.74. The summed E-state index contributed by atoms with van der Waals surface area (Å²) in [5.41, 5.74) is 4.41. The molecule has 0 spiro atoms. The Kier molecular flexibility index (Phi) is 6.90. The Bertz CT molecular complexity index is 1130. The summed E-state index contributed by atoms with van der Waals surface area (Å²) in [6.45, 7) is 4.26. The number of nitrogens with one attached hydrogen (secondary N) is 1. The molecule has 3 aromatic rings. The van der Waals surface area contributed by atoms with Gasteiger partial charge >= 0.3 is 0 Å². The molecule has 0 aromatic heterocycles. The minimum absolute atomic E-state index is 0.0310. The summed E-state index contributed by atoms with van der Waals surface area (Å²) < 4.78 is 5.76. The number of hydrogen-bond donors (Lipinski definition) is 1. The first-order chi connectivity index (χ1) is 14.4. The molecule has 1 amide bonds. The van der Waals surface area contributed by atoms with Gasteiger partial charge in [-0.2, -0.15) is 5.26 Å². The average molecular weight is 417 g/mol. The predicted molar refractivity (Wildman–Crippen MR) is 120 cm³/mol. The SMILES string of the molecule is Cc1ccc(C)c(NC(=O)/C(C#N)=C/c2ccc(OCc3cccc(Cl)c3)cc2)c1. The molecule has 0 saturated heterocycles. The van der Waals surface area contributed by atoms with Crippen LogP contribution in [0.4, 0.5) is 5.69 Å². The molecule has 0 aliphatic rings. The number of nitriles is 1. The zero-order valence-electron chi connectivity index (χ0n) is 16.8. The van der Waals surface area contributed by atoms with E-state index < -0.39 is 5.91 Å². The number of benzene rings is 3. The Hall–Kier alpha value is -3.55. The summed E-state index contributed by atoms with van der Waals surface area (Å²) in [4.78, 5) is 12.5. The molecule has 0 bridgehead atoms. The van der Waals surface area contributed by atoms with Crippen molar-refractivity contribution in [3.63, 3.8) is 0 Å². The van der Waals surface area contributed by atoms with Gasteiger partial charge in [0.1, 0.15) is 24.0 Å². The van der Waals surface area contributed by atoms with Gasteiger partial charge in [-0.05, 0) is 72.5 Å². The van der Waals surface area contributed by atoms with E-state index in [-0.39, 0.29) is 5.57 Å². The van der Waals surface area contributed by atoms with Crippen LogP contribution in [0.15, 0.2) is 72.3 Å². The van der Waals surface area contributed by atoms with Crippen molar-refractivity contribution in [3.8, 4) is 11.8 Å². The summed E-state index contributed by atoms with van der Waals surface area (Å²) in [6.07, 6.45) is 1.56. The molecule has 1 N–H and O–H groups in total. The molecule has 5 heteroatoms. The zero-order valence-corrected chi connectivity index (χ0v) is 17.5. The van der Waals surface area contributed by atoms with Gasteiger partial charge in [-0.25, -0.2) is 0 Å². The molecule has 3 rings (SSSR count). The Morgan fingerprint density at radius 1 is 1.10 bits per heavy atom. The maximum Gasteiger partial charge on any atom is 0.266 e. The molecule has 0 aliphatic carbocycles. The number of rotatable bonds is 6. The van der Waals surface area contributed by atoms with Crippen molar-refractivity contribution in [3.05, 3.63) is 99.6 Å². The van der Waals surface area contributed by atoms with E-state index in [1.807, 2.05) is 62.4 Å². The molecule has 30 heavy (non-hydrogen) atoms. The number of halogens is 1. The van der Waals surface area contributed by atoms with Crippen molar-refractivity contribution in [1.82, 2.24) is 0 Å². The van der Waals surface area contributed by atoms with E-state index in [2.05, 4.69) is 5.32 Å². The summed E-state index contributed by atoms with van der Waals surface area (Å²) in [7, 11) is 0. The standard InChI is InChI=1S/C25H21ClN2O2/c1-17-6-7-18(2)24(12-17)28-25(29)21(15-27)13-19-8-10-23(11-9-19)30-16-20-4-3-5-22(26)14-20/h3-14H,16H2,1-2H3,(H,28,29)/b21-13+. The van der Waals surface area contributed by atoms with Gasteiger partial charge in [0.15, 0.2) is 0 Å². The zero-order chi connectivity index (χ0) is 21.5. The van der Waals surface area contributed by atoms with Crippen molar-refractivity contribution < 1.29 is 9.53 Å². The lowest BCUT2D eigenvalue weighted by Gasteiger charge is -2.09. The third kappa shape index (κ3) is 5.73. The highest BCUT2D eigenvalue weighted by molar-refractivity contribution is 6.30. The largest absolute Gasteiger partial charge is 0.489 e. The molecular weight excluding hydrogens is 396 g/mol. The lowest BCUT2D eigenvalue weighted by Crippen LogP contribution is -2.14. The van der Waals surface area contributed by atoms with Crippen LogP contribution in [0.3, 0.4) is 0 Å². The van der Waals surface area contributed by atoms with E-state index in [1.54, 1.807) is 30.3 Å². The van der Waals surface area contributed by atoms with Crippen LogP contribution in [-0.2, 0) is 11.4 Å². The van der Waals surface area contributed by atoms with Crippen molar-refractivity contribution in [1.29, 1.82) is 5.26 Å². The molecule has 150 valence electrons. The normalized spacial score (nSPS) is 10.9. The van der Waals surface area contributed by atoms with Crippen molar-refractivity contribution >= 4 is 29.3 Å². The molecule has 0 aliphatic heterocycles. The van der Waals surface area contributed by atoms with Crippen LogP contribution in [0.2, 0.25) is 5.02 Å². The highest BCUT2D eigenvalue weighted by Crippen LogP contribution is 2.20. The number of hydrogen-bond acceptors (Lipinski definition) is 3. The third-order valence-corrected chi connectivity index (χ3v) is 4.73. The van der Waals surface area contributed by atoms with E-state index >= 15 is 0 Å². The maximum atomic E-state index is 12.5.